The van der Waals surface area contributed by atoms with Gasteiger partial charge in [-0.25, -0.2) is 18.4 Å². The van der Waals surface area contributed by atoms with Crippen LogP contribution >= 0.6 is 0 Å². The first kappa shape index (κ1) is 16.7. The monoisotopic (exact) mass is 346 g/mol. The van der Waals surface area contributed by atoms with E-state index in [1.165, 1.54) is 5.56 Å². The van der Waals surface area contributed by atoms with Crippen molar-refractivity contribution in [3.8, 4) is 0 Å². The first-order chi connectivity index (χ1) is 11.3. The number of benzene rings is 1. The summed E-state index contributed by atoms with van der Waals surface area (Å²) in [5, 5.41) is 6.55. The van der Waals surface area contributed by atoms with Crippen LogP contribution in [0.1, 0.15) is 23.4 Å². The minimum absolute atomic E-state index is 0.0853. The molecule has 2 heterocycles. The molecule has 0 bridgehead atoms. The molecule has 1 saturated heterocycles. The molecule has 24 heavy (non-hydrogen) atoms. The van der Waals surface area contributed by atoms with Crippen LogP contribution in [-0.4, -0.2) is 35.9 Å². The van der Waals surface area contributed by atoms with Gasteiger partial charge in [-0.2, -0.15) is 0 Å². The second kappa shape index (κ2) is 6.39. The maximum atomic E-state index is 11.6. The largest absolute Gasteiger partial charge is 0.366 e. The Bertz CT molecular complexity index is 865. The number of nitrogens with zero attached hydrogens (tertiary/aromatic N) is 2. The molecule has 2 N–H and O–H groups in total. The van der Waals surface area contributed by atoms with E-state index in [-0.39, 0.29) is 17.5 Å². The van der Waals surface area contributed by atoms with E-state index >= 15 is 0 Å². The molecule has 1 aliphatic heterocycles. The third-order valence-corrected chi connectivity index (χ3v) is 5.85. The summed E-state index contributed by atoms with van der Waals surface area (Å²) in [5.74, 6) is 2.38. The van der Waals surface area contributed by atoms with Crippen LogP contribution in [0.2, 0.25) is 0 Å². The second-order valence-corrected chi connectivity index (χ2v) is 8.60. The highest BCUT2D eigenvalue weighted by atomic mass is 32.2. The lowest BCUT2D eigenvalue weighted by molar-refractivity contribution is 0.602. The number of rotatable bonds is 4. The normalized spacial score (nSPS) is 19.2. The Morgan fingerprint density at radius 3 is 2.54 bits per heavy atom. The zero-order valence-electron chi connectivity index (χ0n) is 14.1. The highest BCUT2D eigenvalue weighted by molar-refractivity contribution is 7.91. The zero-order chi connectivity index (χ0) is 17.3. The molecular weight excluding hydrogens is 324 g/mol. The SMILES string of the molecule is Cc1ccc(C)c(Nc2cc(NC3CCS(=O)(=O)C3)nc(C)n2)c1. The summed E-state index contributed by atoms with van der Waals surface area (Å²) in [5.41, 5.74) is 3.30. The minimum Gasteiger partial charge on any atom is -0.366 e. The lowest BCUT2D eigenvalue weighted by Crippen LogP contribution is -2.21. The number of nitrogens with one attached hydrogen (secondary N) is 2. The van der Waals surface area contributed by atoms with Gasteiger partial charge < -0.3 is 10.6 Å². The maximum Gasteiger partial charge on any atom is 0.152 e. The van der Waals surface area contributed by atoms with E-state index in [4.69, 9.17) is 0 Å². The summed E-state index contributed by atoms with van der Waals surface area (Å²) >= 11 is 0. The van der Waals surface area contributed by atoms with Crippen LogP contribution in [0.15, 0.2) is 24.3 Å². The molecule has 1 fully saturated rings. The summed E-state index contributed by atoms with van der Waals surface area (Å²) in [6, 6.07) is 7.94. The molecule has 1 atom stereocenters. The quantitative estimate of drug-likeness (QED) is 0.885. The lowest BCUT2D eigenvalue weighted by Gasteiger charge is -2.14. The molecule has 1 aromatic heterocycles. The number of anilines is 3. The summed E-state index contributed by atoms with van der Waals surface area (Å²) in [6.07, 6.45) is 0.616. The van der Waals surface area contributed by atoms with E-state index in [0.29, 0.717) is 23.9 Å². The molecule has 3 rings (SSSR count). The number of hydrogen-bond acceptors (Lipinski definition) is 6. The topological polar surface area (TPSA) is 84.0 Å². The van der Waals surface area contributed by atoms with E-state index in [1.807, 2.05) is 26.8 Å². The van der Waals surface area contributed by atoms with Crippen molar-refractivity contribution in [3.05, 3.63) is 41.2 Å². The van der Waals surface area contributed by atoms with E-state index < -0.39 is 9.84 Å². The molecule has 128 valence electrons. The van der Waals surface area contributed by atoms with Crippen LogP contribution in [0.25, 0.3) is 0 Å². The standard InChI is InChI=1S/C17H22N4O2S/c1-11-4-5-12(2)15(8-11)21-17-9-16(18-13(3)19-17)20-14-6-7-24(22,23)10-14/h4-5,8-9,14H,6-7,10H2,1-3H3,(H2,18,19,20,21). The summed E-state index contributed by atoms with van der Waals surface area (Å²) in [7, 11) is -2.92. The minimum atomic E-state index is -2.92. The van der Waals surface area contributed by atoms with Gasteiger partial charge >= 0.3 is 0 Å². The van der Waals surface area contributed by atoms with Crippen LogP contribution < -0.4 is 10.6 Å². The van der Waals surface area contributed by atoms with Crippen molar-refractivity contribution in [3.63, 3.8) is 0 Å². The second-order valence-electron chi connectivity index (χ2n) is 6.37. The predicted molar refractivity (Wildman–Crippen MR) is 96.6 cm³/mol. The number of aryl methyl sites for hydroxylation is 3. The Hall–Kier alpha value is -2.15. The Balaban J connectivity index is 1.80. The number of sulfone groups is 1. The molecule has 0 radical (unpaired) electrons. The Kier molecular flexibility index (Phi) is 4.45. The summed E-state index contributed by atoms with van der Waals surface area (Å²) < 4.78 is 23.2. The average molecular weight is 346 g/mol. The molecule has 6 nitrogen and oxygen atoms in total. The Morgan fingerprint density at radius 2 is 1.83 bits per heavy atom. The van der Waals surface area contributed by atoms with Crippen molar-refractivity contribution in [2.75, 3.05) is 22.1 Å². The van der Waals surface area contributed by atoms with Gasteiger partial charge in [-0.1, -0.05) is 12.1 Å². The first-order valence-corrected chi connectivity index (χ1v) is 9.80. The molecule has 1 unspecified atom stereocenters. The highest BCUT2D eigenvalue weighted by Crippen LogP contribution is 2.23. The van der Waals surface area contributed by atoms with Gasteiger partial charge in [0.15, 0.2) is 9.84 Å². The fourth-order valence-electron chi connectivity index (χ4n) is 2.83. The first-order valence-electron chi connectivity index (χ1n) is 7.98. The lowest BCUT2D eigenvalue weighted by atomic mass is 10.1. The van der Waals surface area contributed by atoms with Gasteiger partial charge in [0.1, 0.15) is 17.5 Å². The number of aromatic nitrogens is 2. The van der Waals surface area contributed by atoms with Crippen molar-refractivity contribution >= 4 is 27.2 Å². The fraction of sp³-hybridized carbons (Fsp3) is 0.412. The molecule has 0 aliphatic carbocycles. The molecule has 2 aromatic rings. The third-order valence-electron chi connectivity index (χ3n) is 4.08. The van der Waals surface area contributed by atoms with Gasteiger partial charge in [-0.15, -0.1) is 0 Å². The van der Waals surface area contributed by atoms with Gasteiger partial charge in [0.2, 0.25) is 0 Å². The molecular formula is C17H22N4O2S. The van der Waals surface area contributed by atoms with Crippen LogP contribution in [0.3, 0.4) is 0 Å². The Morgan fingerprint density at radius 1 is 1.08 bits per heavy atom. The molecule has 0 spiro atoms. The average Bonchev–Trinajstić information content (AvgIpc) is 2.81. The molecule has 0 amide bonds. The zero-order valence-corrected chi connectivity index (χ0v) is 14.9. The van der Waals surface area contributed by atoms with Crippen molar-refractivity contribution in [2.45, 2.75) is 33.2 Å². The van der Waals surface area contributed by atoms with Gasteiger partial charge in [-0.05, 0) is 44.4 Å². The van der Waals surface area contributed by atoms with Gasteiger partial charge in [0.05, 0.1) is 11.5 Å². The van der Waals surface area contributed by atoms with E-state index in [2.05, 4.69) is 38.8 Å². The molecule has 1 aliphatic rings. The van der Waals surface area contributed by atoms with Crippen LogP contribution in [0.4, 0.5) is 17.3 Å². The molecule has 0 saturated carbocycles. The smallest absolute Gasteiger partial charge is 0.152 e. The van der Waals surface area contributed by atoms with Crippen molar-refractivity contribution in [1.29, 1.82) is 0 Å². The van der Waals surface area contributed by atoms with Crippen molar-refractivity contribution < 1.29 is 8.42 Å². The van der Waals surface area contributed by atoms with Crippen LogP contribution in [0, 0.1) is 20.8 Å². The predicted octanol–water partition coefficient (Wildman–Crippen LogP) is 2.74. The van der Waals surface area contributed by atoms with Gasteiger partial charge in [-0.3, -0.25) is 0 Å². The van der Waals surface area contributed by atoms with E-state index in [0.717, 1.165) is 11.3 Å². The molecule has 1 aromatic carbocycles. The highest BCUT2D eigenvalue weighted by Gasteiger charge is 2.28. The van der Waals surface area contributed by atoms with Crippen molar-refractivity contribution in [2.24, 2.45) is 0 Å². The Labute approximate surface area is 142 Å². The van der Waals surface area contributed by atoms with Gasteiger partial charge in [0, 0.05) is 17.8 Å². The van der Waals surface area contributed by atoms with Crippen LogP contribution in [0.5, 0.6) is 0 Å². The van der Waals surface area contributed by atoms with Crippen molar-refractivity contribution in [1.82, 2.24) is 9.97 Å². The van der Waals surface area contributed by atoms with Crippen LogP contribution in [-0.2, 0) is 9.84 Å². The fourth-order valence-corrected chi connectivity index (χ4v) is 4.51. The third kappa shape index (κ3) is 4.03. The molecule has 7 heteroatoms. The maximum absolute atomic E-state index is 11.6. The summed E-state index contributed by atoms with van der Waals surface area (Å²) in [4.78, 5) is 8.79. The van der Waals surface area contributed by atoms with E-state index in [9.17, 15) is 8.42 Å². The number of hydrogen-bond donors (Lipinski definition) is 2. The van der Waals surface area contributed by atoms with E-state index in [1.54, 1.807) is 0 Å². The summed E-state index contributed by atoms with van der Waals surface area (Å²) in [6.45, 7) is 5.91. The van der Waals surface area contributed by atoms with Gasteiger partial charge in [0.25, 0.3) is 0 Å².